The summed E-state index contributed by atoms with van der Waals surface area (Å²) in [4.78, 5) is 5.08. The van der Waals surface area contributed by atoms with Crippen LogP contribution in [0.3, 0.4) is 0 Å². The van der Waals surface area contributed by atoms with Gasteiger partial charge >= 0.3 is 0 Å². The lowest BCUT2D eigenvalue weighted by Crippen LogP contribution is -2.32. The van der Waals surface area contributed by atoms with Gasteiger partial charge in [-0.1, -0.05) is 31.6 Å². The zero-order valence-electron chi connectivity index (χ0n) is 15.8. The first-order chi connectivity index (χ1) is 12.3. The highest BCUT2D eigenvalue weighted by atomic mass is 16.5. The Kier molecular flexibility index (Phi) is 6.57. The molecule has 0 saturated carbocycles. The maximum Gasteiger partial charge on any atom is 0.151 e. The highest BCUT2D eigenvalue weighted by Crippen LogP contribution is 2.39. The average Bonchev–Trinajstić information content (AvgIpc) is 2.66. The topological polar surface area (TPSA) is 15.7 Å². The molecule has 3 rings (SSSR count). The normalized spacial score (nSPS) is 21.4. The molecule has 1 fully saturated rings. The summed E-state index contributed by atoms with van der Waals surface area (Å²) in [6.07, 6.45) is 12.0. The van der Waals surface area contributed by atoms with Crippen LogP contribution in [0.25, 0.3) is 0 Å². The summed E-state index contributed by atoms with van der Waals surface area (Å²) < 4.78 is 6.15. The molecule has 136 valence electrons. The van der Waals surface area contributed by atoms with E-state index in [4.69, 9.17) is 4.74 Å². The number of allylic oxidation sites excluding steroid dienone is 2. The van der Waals surface area contributed by atoms with Gasteiger partial charge in [0.15, 0.2) is 5.75 Å². The first kappa shape index (κ1) is 18.1. The lowest BCUT2D eigenvalue weighted by atomic mass is 10.1. The smallest absolute Gasteiger partial charge is 0.151 e. The quantitative estimate of drug-likeness (QED) is 0.649. The van der Waals surface area contributed by atoms with Gasteiger partial charge in [0.1, 0.15) is 5.76 Å². The van der Waals surface area contributed by atoms with Crippen molar-refractivity contribution in [1.29, 1.82) is 0 Å². The van der Waals surface area contributed by atoms with Gasteiger partial charge in [-0.3, -0.25) is 0 Å². The molecule has 0 radical (unpaired) electrons. The number of ether oxygens (including phenoxy) is 1. The second kappa shape index (κ2) is 9.10. The molecule has 0 bridgehead atoms. The third kappa shape index (κ3) is 4.46. The predicted octanol–water partition coefficient (Wildman–Crippen LogP) is 5.35. The summed E-state index contributed by atoms with van der Waals surface area (Å²) in [7, 11) is 0. The van der Waals surface area contributed by atoms with Gasteiger partial charge in [-0.15, -0.1) is 0 Å². The molecule has 2 aliphatic heterocycles. The summed E-state index contributed by atoms with van der Waals surface area (Å²) in [5.74, 6) is 1.98. The number of piperidine rings is 1. The first-order valence-corrected chi connectivity index (χ1v) is 9.97. The van der Waals surface area contributed by atoms with Crippen molar-refractivity contribution >= 4 is 5.69 Å². The Balaban J connectivity index is 1.65. The maximum absolute atomic E-state index is 6.15. The van der Waals surface area contributed by atoms with Crippen LogP contribution in [-0.2, 0) is 0 Å². The number of benzene rings is 1. The Hall–Kier alpha value is -1.74. The van der Waals surface area contributed by atoms with Crippen molar-refractivity contribution in [1.82, 2.24) is 4.90 Å². The minimum Gasteiger partial charge on any atom is -0.453 e. The second-order valence-corrected chi connectivity index (χ2v) is 6.98. The zero-order chi connectivity index (χ0) is 17.5. The molecule has 3 nitrogen and oxygen atoms in total. The molecule has 1 saturated heterocycles. The summed E-state index contributed by atoms with van der Waals surface area (Å²) in [6.45, 7) is 9.15. The van der Waals surface area contributed by atoms with Crippen molar-refractivity contribution in [2.75, 3.05) is 31.1 Å². The molecule has 3 heteroatoms. The minimum atomic E-state index is 0.976. The lowest BCUT2D eigenvalue weighted by Gasteiger charge is -2.35. The maximum atomic E-state index is 6.15. The summed E-state index contributed by atoms with van der Waals surface area (Å²) >= 11 is 0. The van der Waals surface area contributed by atoms with E-state index in [1.165, 1.54) is 63.1 Å². The summed E-state index contributed by atoms with van der Waals surface area (Å²) in [5.41, 5.74) is 2.40. The number of likely N-dealkylation sites (tertiary alicyclic amines) is 1. The molecule has 0 amide bonds. The van der Waals surface area contributed by atoms with Crippen molar-refractivity contribution in [3.05, 3.63) is 47.9 Å². The zero-order valence-corrected chi connectivity index (χ0v) is 15.8. The number of fused-ring (bicyclic) bond motifs is 1. The molecule has 2 aliphatic rings. The Morgan fingerprint density at radius 1 is 1.04 bits per heavy atom. The van der Waals surface area contributed by atoms with Gasteiger partial charge in [-0.25, -0.2) is 0 Å². The number of rotatable bonds is 6. The van der Waals surface area contributed by atoms with E-state index in [1.54, 1.807) is 0 Å². The van der Waals surface area contributed by atoms with Crippen LogP contribution in [0.4, 0.5) is 5.69 Å². The Labute approximate surface area is 153 Å². The average molecular weight is 341 g/mol. The van der Waals surface area contributed by atoms with E-state index in [9.17, 15) is 0 Å². The van der Waals surface area contributed by atoms with Gasteiger partial charge in [0.25, 0.3) is 0 Å². The minimum absolute atomic E-state index is 0.976. The van der Waals surface area contributed by atoms with E-state index < -0.39 is 0 Å². The van der Waals surface area contributed by atoms with Crippen LogP contribution in [0, 0.1) is 0 Å². The van der Waals surface area contributed by atoms with Gasteiger partial charge in [-0.05, 0) is 76.9 Å². The number of anilines is 1. The van der Waals surface area contributed by atoms with Gasteiger partial charge < -0.3 is 14.5 Å². The van der Waals surface area contributed by atoms with E-state index in [0.29, 0.717) is 0 Å². The predicted molar refractivity (Wildman–Crippen MR) is 106 cm³/mol. The Morgan fingerprint density at radius 3 is 2.56 bits per heavy atom. The molecule has 1 aromatic rings. The van der Waals surface area contributed by atoms with Crippen molar-refractivity contribution < 1.29 is 4.74 Å². The third-order valence-corrected chi connectivity index (χ3v) is 5.14. The molecule has 1 aromatic carbocycles. The van der Waals surface area contributed by atoms with Crippen molar-refractivity contribution in [2.24, 2.45) is 0 Å². The number of hydrogen-bond acceptors (Lipinski definition) is 3. The van der Waals surface area contributed by atoms with E-state index >= 15 is 0 Å². The van der Waals surface area contributed by atoms with Gasteiger partial charge in [0.05, 0.1) is 11.4 Å². The molecule has 0 spiro atoms. The molecular formula is C22H32N2O. The molecule has 0 atom stereocenters. The monoisotopic (exact) mass is 340 g/mol. The van der Waals surface area contributed by atoms with E-state index in [1.807, 2.05) is 0 Å². The Bertz CT molecular complexity index is 614. The number of unbranched alkanes of at least 4 members (excludes halogenated alkanes) is 1. The molecule has 25 heavy (non-hydrogen) atoms. The third-order valence-electron chi connectivity index (χ3n) is 5.14. The van der Waals surface area contributed by atoms with Gasteiger partial charge in [0, 0.05) is 6.54 Å². The fourth-order valence-electron chi connectivity index (χ4n) is 3.86. The Morgan fingerprint density at radius 2 is 1.80 bits per heavy atom. The van der Waals surface area contributed by atoms with E-state index in [2.05, 4.69) is 60.1 Å². The SMILES string of the molecule is C/C=C1\C(=C/CC)Oc2ccccc2N1CCCCN1CCCCC1. The van der Waals surface area contributed by atoms with E-state index in [-0.39, 0.29) is 0 Å². The summed E-state index contributed by atoms with van der Waals surface area (Å²) in [6, 6.07) is 8.40. The standard InChI is InChI=1S/C22H32N2O/c1-3-12-21-19(4-2)24(20-13-6-7-14-22(20)25-21)18-11-10-17-23-15-8-5-9-16-23/h4,6-7,12-14H,3,5,8-11,15-18H2,1-2H3/b19-4+,21-12+. The van der Waals surface area contributed by atoms with Gasteiger partial charge in [-0.2, -0.15) is 0 Å². The first-order valence-electron chi connectivity index (χ1n) is 9.97. The number of para-hydroxylation sites is 2. The number of nitrogens with zero attached hydrogens (tertiary/aromatic N) is 2. The van der Waals surface area contributed by atoms with Crippen LogP contribution in [0.1, 0.15) is 52.4 Å². The van der Waals surface area contributed by atoms with Gasteiger partial charge in [0.2, 0.25) is 0 Å². The molecule has 0 unspecified atom stereocenters. The van der Waals surface area contributed by atoms with Crippen LogP contribution in [0.15, 0.2) is 47.9 Å². The number of hydrogen-bond donors (Lipinski definition) is 0. The van der Waals surface area contributed by atoms with Crippen LogP contribution in [0.5, 0.6) is 5.75 Å². The van der Waals surface area contributed by atoms with Crippen molar-refractivity contribution in [3.8, 4) is 5.75 Å². The molecule has 0 aliphatic carbocycles. The molecular weight excluding hydrogens is 308 g/mol. The fraction of sp³-hybridized carbons (Fsp3) is 0.545. The lowest BCUT2D eigenvalue weighted by molar-refractivity contribution is 0.225. The molecule has 0 aromatic heterocycles. The second-order valence-electron chi connectivity index (χ2n) is 6.98. The highest BCUT2D eigenvalue weighted by molar-refractivity contribution is 5.68. The van der Waals surface area contributed by atoms with E-state index in [0.717, 1.165) is 24.5 Å². The van der Waals surface area contributed by atoms with Crippen molar-refractivity contribution in [2.45, 2.75) is 52.4 Å². The summed E-state index contributed by atoms with van der Waals surface area (Å²) in [5, 5.41) is 0. The highest BCUT2D eigenvalue weighted by Gasteiger charge is 2.25. The van der Waals surface area contributed by atoms with Crippen LogP contribution in [0.2, 0.25) is 0 Å². The van der Waals surface area contributed by atoms with Crippen molar-refractivity contribution in [3.63, 3.8) is 0 Å². The van der Waals surface area contributed by atoms with Crippen LogP contribution in [-0.4, -0.2) is 31.1 Å². The fourth-order valence-corrected chi connectivity index (χ4v) is 3.86. The molecule has 0 N–H and O–H groups in total. The van der Waals surface area contributed by atoms with Crippen LogP contribution < -0.4 is 9.64 Å². The molecule has 2 heterocycles. The largest absolute Gasteiger partial charge is 0.453 e. The van der Waals surface area contributed by atoms with Crippen LogP contribution >= 0.6 is 0 Å².